The zero-order chi connectivity index (χ0) is 21.1. The van der Waals surface area contributed by atoms with Crippen LogP contribution in [0.1, 0.15) is 35.4 Å². The Morgan fingerprint density at radius 1 is 1.27 bits per heavy atom. The highest BCUT2D eigenvalue weighted by Gasteiger charge is 2.33. The minimum atomic E-state index is -3.39. The second-order valence-corrected chi connectivity index (χ2v) is 9.89. The average Bonchev–Trinajstić information content (AvgIpc) is 3.09. The van der Waals surface area contributed by atoms with Gasteiger partial charge in [-0.25, -0.2) is 8.42 Å². The second-order valence-electron chi connectivity index (χ2n) is 7.13. The molecule has 0 aliphatic carbocycles. The van der Waals surface area contributed by atoms with E-state index < -0.39 is 10.0 Å². The molecule has 4 rings (SSSR count). The number of hydrogen-bond acceptors (Lipinski definition) is 6. The molecule has 0 saturated carbocycles. The van der Waals surface area contributed by atoms with E-state index in [1.807, 2.05) is 48.2 Å². The SMILES string of the molecule is CC(OCCCNC(=O)c1ccc2c(c1)SC1=NS(=O)(=O)CCN12)c1ccccc1. The van der Waals surface area contributed by atoms with Gasteiger partial charge in [0.2, 0.25) is 0 Å². The Kier molecular flexibility index (Phi) is 6.12. The molecule has 0 bridgehead atoms. The number of thioether (sulfide) groups is 1. The molecule has 0 spiro atoms. The van der Waals surface area contributed by atoms with E-state index in [2.05, 4.69) is 9.71 Å². The van der Waals surface area contributed by atoms with Crippen LogP contribution in [0.2, 0.25) is 0 Å². The maximum Gasteiger partial charge on any atom is 0.257 e. The van der Waals surface area contributed by atoms with Crippen molar-refractivity contribution in [2.45, 2.75) is 24.3 Å². The van der Waals surface area contributed by atoms with Crippen molar-refractivity contribution in [3.8, 4) is 0 Å². The number of anilines is 1. The molecule has 9 heteroatoms. The lowest BCUT2D eigenvalue weighted by Gasteiger charge is -2.22. The minimum Gasteiger partial charge on any atom is -0.374 e. The van der Waals surface area contributed by atoms with Crippen molar-refractivity contribution in [2.75, 3.05) is 30.3 Å². The van der Waals surface area contributed by atoms with Crippen molar-refractivity contribution in [3.05, 3.63) is 59.7 Å². The van der Waals surface area contributed by atoms with Gasteiger partial charge < -0.3 is 15.0 Å². The van der Waals surface area contributed by atoms with Gasteiger partial charge in [0.15, 0.2) is 5.17 Å². The van der Waals surface area contributed by atoms with Crippen LogP contribution < -0.4 is 10.2 Å². The van der Waals surface area contributed by atoms with Crippen molar-refractivity contribution in [1.82, 2.24) is 5.32 Å². The molecule has 1 amide bonds. The Labute approximate surface area is 180 Å². The maximum absolute atomic E-state index is 12.5. The molecule has 2 heterocycles. The average molecular weight is 446 g/mol. The lowest BCUT2D eigenvalue weighted by atomic mass is 10.1. The summed E-state index contributed by atoms with van der Waals surface area (Å²) in [5.74, 6) is -0.155. The molecule has 2 aromatic carbocycles. The molecule has 30 heavy (non-hydrogen) atoms. The van der Waals surface area contributed by atoms with Crippen LogP contribution >= 0.6 is 11.8 Å². The number of amidine groups is 1. The van der Waals surface area contributed by atoms with E-state index in [4.69, 9.17) is 4.74 Å². The van der Waals surface area contributed by atoms with Crippen LogP contribution in [0.15, 0.2) is 57.8 Å². The van der Waals surface area contributed by atoms with Crippen molar-refractivity contribution in [1.29, 1.82) is 0 Å². The molecule has 158 valence electrons. The van der Waals surface area contributed by atoms with Gasteiger partial charge >= 0.3 is 0 Å². The number of ether oxygens (including phenoxy) is 1. The highest BCUT2D eigenvalue weighted by atomic mass is 32.2. The summed E-state index contributed by atoms with van der Waals surface area (Å²) >= 11 is 1.28. The van der Waals surface area contributed by atoms with Crippen LogP contribution in [0.4, 0.5) is 5.69 Å². The summed E-state index contributed by atoms with van der Waals surface area (Å²) < 4.78 is 33.1. The third-order valence-electron chi connectivity index (χ3n) is 4.98. The Morgan fingerprint density at radius 3 is 2.87 bits per heavy atom. The number of carbonyl (C=O) groups excluding carboxylic acids is 1. The maximum atomic E-state index is 12.5. The lowest BCUT2D eigenvalue weighted by Crippen LogP contribution is -2.35. The number of carbonyl (C=O) groups is 1. The first-order chi connectivity index (χ1) is 14.4. The van der Waals surface area contributed by atoms with E-state index in [1.54, 1.807) is 12.1 Å². The number of benzene rings is 2. The minimum absolute atomic E-state index is 0.00367. The van der Waals surface area contributed by atoms with E-state index >= 15 is 0 Å². The van der Waals surface area contributed by atoms with Gasteiger partial charge in [-0.15, -0.1) is 4.40 Å². The van der Waals surface area contributed by atoms with Gasteiger partial charge in [0.25, 0.3) is 15.9 Å². The van der Waals surface area contributed by atoms with Crippen LogP contribution in [-0.4, -0.2) is 44.9 Å². The summed E-state index contributed by atoms with van der Waals surface area (Å²) in [4.78, 5) is 15.2. The molecule has 0 aromatic heterocycles. The van der Waals surface area contributed by atoms with Gasteiger partial charge in [0, 0.05) is 30.2 Å². The predicted molar refractivity (Wildman–Crippen MR) is 119 cm³/mol. The fourth-order valence-corrected chi connectivity index (χ4v) is 5.62. The van der Waals surface area contributed by atoms with Gasteiger partial charge in [-0.05, 0) is 48.9 Å². The summed E-state index contributed by atoms with van der Waals surface area (Å²) in [5.41, 5.74) is 2.57. The Morgan fingerprint density at radius 2 is 2.07 bits per heavy atom. The molecular weight excluding hydrogens is 422 g/mol. The number of fused-ring (bicyclic) bond motifs is 3. The molecule has 1 unspecified atom stereocenters. The summed E-state index contributed by atoms with van der Waals surface area (Å²) in [6.07, 6.45) is 0.728. The predicted octanol–water partition coefficient (Wildman–Crippen LogP) is 3.20. The summed E-state index contributed by atoms with van der Waals surface area (Å²) in [6, 6.07) is 15.4. The Hall–Kier alpha value is -2.36. The van der Waals surface area contributed by atoms with Crippen molar-refractivity contribution < 1.29 is 17.9 Å². The molecule has 2 aromatic rings. The molecule has 0 radical (unpaired) electrons. The van der Waals surface area contributed by atoms with Gasteiger partial charge in [-0.3, -0.25) is 4.79 Å². The summed E-state index contributed by atoms with van der Waals surface area (Å²) in [7, 11) is -3.39. The van der Waals surface area contributed by atoms with Crippen molar-refractivity contribution >= 4 is 38.5 Å². The molecule has 1 atom stereocenters. The molecule has 2 aliphatic heterocycles. The smallest absolute Gasteiger partial charge is 0.257 e. The number of sulfonamides is 1. The first-order valence-corrected chi connectivity index (χ1v) is 12.2. The monoisotopic (exact) mass is 445 g/mol. The summed E-state index contributed by atoms with van der Waals surface area (Å²) in [6.45, 7) is 3.47. The second kappa shape index (κ2) is 8.79. The topological polar surface area (TPSA) is 88.1 Å². The standard InChI is InChI=1S/C21H23N3O4S2/c1-15(16-6-3-2-4-7-16)28-12-5-10-22-20(25)17-8-9-18-19(14-17)29-21-23-30(26,27)13-11-24(18)21/h2-4,6-9,14-15H,5,10-13H2,1H3,(H,22,25). The van der Waals surface area contributed by atoms with Gasteiger partial charge in [-0.1, -0.05) is 30.3 Å². The lowest BCUT2D eigenvalue weighted by molar-refractivity contribution is 0.0635. The van der Waals surface area contributed by atoms with E-state index in [0.717, 1.165) is 16.1 Å². The third kappa shape index (κ3) is 4.69. The van der Waals surface area contributed by atoms with Gasteiger partial charge in [0.1, 0.15) is 0 Å². The zero-order valence-corrected chi connectivity index (χ0v) is 18.2. The summed E-state index contributed by atoms with van der Waals surface area (Å²) in [5, 5.41) is 3.37. The fourth-order valence-electron chi connectivity index (χ4n) is 3.33. The Balaban J connectivity index is 1.27. The number of rotatable bonds is 7. The Bertz CT molecular complexity index is 1070. The number of hydrogen-bond donors (Lipinski definition) is 1. The molecular formula is C21H23N3O4S2. The quantitative estimate of drug-likeness (QED) is 0.659. The molecule has 7 nitrogen and oxygen atoms in total. The number of amides is 1. The number of nitrogens with zero attached hydrogens (tertiary/aromatic N) is 2. The molecule has 2 aliphatic rings. The van der Waals surface area contributed by atoms with Crippen molar-refractivity contribution in [3.63, 3.8) is 0 Å². The van der Waals surface area contributed by atoms with Crippen LogP contribution in [-0.2, 0) is 14.8 Å². The zero-order valence-electron chi connectivity index (χ0n) is 16.6. The van der Waals surface area contributed by atoms with Crippen LogP contribution in [0.5, 0.6) is 0 Å². The normalized spacial score (nSPS) is 17.6. The van der Waals surface area contributed by atoms with E-state index in [-0.39, 0.29) is 17.8 Å². The first-order valence-electron chi connectivity index (χ1n) is 9.80. The fraction of sp³-hybridized carbons (Fsp3) is 0.333. The number of nitrogens with one attached hydrogen (secondary N) is 1. The highest BCUT2D eigenvalue weighted by molar-refractivity contribution is 8.15. The van der Waals surface area contributed by atoms with E-state index in [1.165, 1.54) is 11.8 Å². The van der Waals surface area contributed by atoms with Gasteiger partial charge in [-0.2, -0.15) is 0 Å². The van der Waals surface area contributed by atoms with Crippen LogP contribution in [0.3, 0.4) is 0 Å². The van der Waals surface area contributed by atoms with Crippen LogP contribution in [0, 0.1) is 0 Å². The molecule has 0 fully saturated rings. The van der Waals surface area contributed by atoms with Crippen molar-refractivity contribution in [2.24, 2.45) is 4.40 Å². The highest BCUT2D eigenvalue weighted by Crippen LogP contribution is 2.42. The van der Waals surface area contributed by atoms with Crippen LogP contribution in [0.25, 0.3) is 0 Å². The molecule has 1 N–H and O–H groups in total. The first kappa shape index (κ1) is 20.9. The van der Waals surface area contributed by atoms with E-state index in [9.17, 15) is 13.2 Å². The molecule has 0 saturated heterocycles. The third-order valence-corrected chi connectivity index (χ3v) is 7.28. The van der Waals surface area contributed by atoms with E-state index in [0.29, 0.717) is 36.8 Å². The van der Waals surface area contributed by atoms with Gasteiger partial charge in [0.05, 0.1) is 17.5 Å². The largest absolute Gasteiger partial charge is 0.374 e.